The average Bonchev–Trinajstić information content (AvgIpc) is 2.73. The summed E-state index contributed by atoms with van der Waals surface area (Å²) in [7, 11) is 0. The number of hydrogen-bond acceptors (Lipinski definition) is 4. The van der Waals surface area contributed by atoms with Gasteiger partial charge in [0, 0.05) is 31.7 Å². The van der Waals surface area contributed by atoms with Crippen LogP contribution < -0.4 is 0 Å². The van der Waals surface area contributed by atoms with Crippen molar-refractivity contribution in [3.05, 3.63) is 35.4 Å². The van der Waals surface area contributed by atoms with E-state index in [9.17, 15) is 14.4 Å². The van der Waals surface area contributed by atoms with Crippen molar-refractivity contribution in [3.8, 4) is 0 Å². The molecule has 2 aliphatic rings. The van der Waals surface area contributed by atoms with Gasteiger partial charge in [-0.1, -0.05) is 25.1 Å². The second kappa shape index (κ2) is 9.42. The number of esters is 1. The van der Waals surface area contributed by atoms with Gasteiger partial charge in [0.15, 0.2) is 6.10 Å². The van der Waals surface area contributed by atoms with Gasteiger partial charge in [0.05, 0.1) is 5.92 Å². The molecule has 6 heteroatoms. The van der Waals surface area contributed by atoms with Crippen LogP contribution in [0.4, 0.5) is 0 Å². The quantitative estimate of drug-likeness (QED) is 0.729. The molecule has 2 amide bonds. The molecule has 2 saturated heterocycles. The number of aryl methyl sites for hydroxylation is 1. The Labute approximate surface area is 173 Å². The monoisotopic (exact) mass is 400 g/mol. The van der Waals surface area contributed by atoms with Gasteiger partial charge in [-0.15, -0.1) is 0 Å². The summed E-state index contributed by atoms with van der Waals surface area (Å²) in [5.74, 6) is -0.0218. The standard InChI is InChI=1S/C23H32N2O4/c1-16-8-12-24(13-9-16)21(26)18(3)29-23(28)19-10-14-25(15-11-19)22(27)20-7-5-4-6-17(20)2/h4-7,16,18-19H,8-15H2,1-3H3/t18-/m1/s1. The number of hydrogen-bond donors (Lipinski definition) is 0. The predicted octanol–water partition coefficient (Wildman–Crippen LogP) is 3.04. The molecule has 3 rings (SSSR count). The van der Waals surface area contributed by atoms with E-state index in [2.05, 4.69) is 6.92 Å². The Morgan fingerprint density at radius 3 is 2.17 bits per heavy atom. The van der Waals surface area contributed by atoms with E-state index in [1.54, 1.807) is 16.7 Å². The fourth-order valence-electron chi connectivity index (χ4n) is 4.11. The van der Waals surface area contributed by atoms with Crippen LogP contribution >= 0.6 is 0 Å². The highest BCUT2D eigenvalue weighted by Crippen LogP contribution is 2.23. The van der Waals surface area contributed by atoms with Gasteiger partial charge in [0.1, 0.15) is 0 Å². The van der Waals surface area contributed by atoms with Gasteiger partial charge in [-0.2, -0.15) is 0 Å². The fraction of sp³-hybridized carbons (Fsp3) is 0.609. The number of nitrogens with zero attached hydrogens (tertiary/aromatic N) is 2. The number of carbonyl (C=O) groups is 3. The first-order valence-corrected chi connectivity index (χ1v) is 10.7. The molecule has 1 aromatic carbocycles. The average molecular weight is 401 g/mol. The van der Waals surface area contributed by atoms with Gasteiger partial charge in [0.25, 0.3) is 11.8 Å². The molecule has 0 bridgehead atoms. The van der Waals surface area contributed by atoms with Crippen molar-refractivity contribution in [2.24, 2.45) is 11.8 Å². The first kappa shape index (κ1) is 21.3. The summed E-state index contributed by atoms with van der Waals surface area (Å²) in [5.41, 5.74) is 1.67. The fourth-order valence-corrected chi connectivity index (χ4v) is 4.11. The topological polar surface area (TPSA) is 66.9 Å². The largest absolute Gasteiger partial charge is 0.452 e. The summed E-state index contributed by atoms with van der Waals surface area (Å²) >= 11 is 0. The Bertz CT molecular complexity index is 747. The second-order valence-electron chi connectivity index (χ2n) is 8.47. The normalized spacial score (nSPS) is 19.7. The summed E-state index contributed by atoms with van der Waals surface area (Å²) in [5, 5.41) is 0. The van der Waals surface area contributed by atoms with Crippen molar-refractivity contribution >= 4 is 17.8 Å². The molecule has 2 aliphatic heterocycles. The van der Waals surface area contributed by atoms with Crippen LogP contribution in [-0.2, 0) is 14.3 Å². The maximum absolute atomic E-state index is 12.7. The minimum atomic E-state index is -0.748. The van der Waals surface area contributed by atoms with Gasteiger partial charge in [-0.3, -0.25) is 14.4 Å². The van der Waals surface area contributed by atoms with Crippen LogP contribution in [0.25, 0.3) is 0 Å². The molecular weight excluding hydrogens is 368 g/mol. The van der Waals surface area contributed by atoms with Crippen molar-refractivity contribution in [1.82, 2.24) is 9.80 Å². The Morgan fingerprint density at radius 2 is 1.55 bits per heavy atom. The zero-order valence-electron chi connectivity index (χ0n) is 17.7. The number of carbonyl (C=O) groups excluding carboxylic acids is 3. The minimum Gasteiger partial charge on any atom is -0.452 e. The lowest BCUT2D eigenvalue weighted by atomic mass is 9.96. The van der Waals surface area contributed by atoms with Crippen LogP contribution in [0.1, 0.15) is 55.5 Å². The zero-order chi connectivity index (χ0) is 21.0. The van der Waals surface area contributed by atoms with Crippen molar-refractivity contribution in [3.63, 3.8) is 0 Å². The third-order valence-electron chi connectivity index (χ3n) is 6.23. The Morgan fingerprint density at radius 1 is 0.966 bits per heavy atom. The number of piperidine rings is 2. The van der Waals surface area contributed by atoms with Crippen LogP contribution in [0.15, 0.2) is 24.3 Å². The van der Waals surface area contributed by atoms with Gasteiger partial charge < -0.3 is 14.5 Å². The van der Waals surface area contributed by atoms with Crippen molar-refractivity contribution < 1.29 is 19.1 Å². The van der Waals surface area contributed by atoms with Crippen LogP contribution in [0.5, 0.6) is 0 Å². The number of benzene rings is 1. The van der Waals surface area contributed by atoms with Crippen molar-refractivity contribution in [1.29, 1.82) is 0 Å². The molecule has 29 heavy (non-hydrogen) atoms. The molecule has 2 heterocycles. The smallest absolute Gasteiger partial charge is 0.309 e. The maximum Gasteiger partial charge on any atom is 0.309 e. The molecule has 0 unspecified atom stereocenters. The molecule has 2 fully saturated rings. The Balaban J connectivity index is 1.48. The molecule has 0 aromatic heterocycles. The second-order valence-corrected chi connectivity index (χ2v) is 8.47. The molecule has 0 saturated carbocycles. The predicted molar refractivity (Wildman–Crippen MR) is 110 cm³/mol. The van der Waals surface area contributed by atoms with Gasteiger partial charge in [-0.05, 0) is 57.1 Å². The van der Waals surface area contributed by atoms with E-state index in [-0.39, 0.29) is 23.7 Å². The van der Waals surface area contributed by atoms with Gasteiger partial charge in [0.2, 0.25) is 0 Å². The molecule has 158 valence electrons. The number of rotatable bonds is 4. The summed E-state index contributed by atoms with van der Waals surface area (Å²) in [6.45, 7) is 8.32. The number of ether oxygens (including phenoxy) is 1. The molecule has 0 radical (unpaired) electrons. The highest BCUT2D eigenvalue weighted by Gasteiger charge is 2.32. The zero-order valence-corrected chi connectivity index (χ0v) is 17.7. The lowest BCUT2D eigenvalue weighted by Gasteiger charge is -2.33. The van der Waals surface area contributed by atoms with E-state index in [0.29, 0.717) is 37.4 Å². The summed E-state index contributed by atoms with van der Waals surface area (Å²) in [6, 6.07) is 7.55. The van der Waals surface area contributed by atoms with E-state index in [0.717, 1.165) is 31.5 Å². The van der Waals surface area contributed by atoms with Crippen LogP contribution in [0.2, 0.25) is 0 Å². The van der Waals surface area contributed by atoms with E-state index < -0.39 is 6.10 Å². The third kappa shape index (κ3) is 5.17. The summed E-state index contributed by atoms with van der Waals surface area (Å²) in [6.07, 6.45) is 2.39. The number of likely N-dealkylation sites (tertiary alicyclic amines) is 2. The van der Waals surface area contributed by atoms with E-state index in [1.807, 2.05) is 31.2 Å². The molecule has 1 aromatic rings. The van der Waals surface area contributed by atoms with Gasteiger partial charge >= 0.3 is 5.97 Å². The van der Waals surface area contributed by atoms with E-state index >= 15 is 0 Å². The van der Waals surface area contributed by atoms with E-state index in [4.69, 9.17) is 4.74 Å². The molecule has 0 spiro atoms. The first-order chi connectivity index (χ1) is 13.9. The summed E-state index contributed by atoms with van der Waals surface area (Å²) < 4.78 is 5.50. The Kier molecular flexibility index (Phi) is 6.93. The van der Waals surface area contributed by atoms with Gasteiger partial charge in [-0.25, -0.2) is 0 Å². The molecule has 0 N–H and O–H groups in total. The number of amides is 2. The highest BCUT2D eigenvalue weighted by atomic mass is 16.5. The summed E-state index contributed by atoms with van der Waals surface area (Å²) in [4.78, 5) is 41.4. The van der Waals surface area contributed by atoms with E-state index in [1.165, 1.54) is 0 Å². The lowest BCUT2D eigenvalue weighted by Crippen LogP contribution is -2.45. The third-order valence-corrected chi connectivity index (χ3v) is 6.23. The van der Waals surface area contributed by atoms with Crippen LogP contribution in [-0.4, -0.2) is 59.9 Å². The van der Waals surface area contributed by atoms with Crippen molar-refractivity contribution in [2.75, 3.05) is 26.2 Å². The molecule has 1 atom stereocenters. The minimum absolute atomic E-state index is 0.0118. The first-order valence-electron chi connectivity index (χ1n) is 10.7. The van der Waals surface area contributed by atoms with Crippen LogP contribution in [0.3, 0.4) is 0 Å². The molecule has 6 nitrogen and oxygen atoms in total. The maximum atomic E-state index is 12.7. The molecular formula is C23H32N2O4. The lowest BCUT2D eigenvalue weighted by molar-refractivity contribution is -0.164. The SMILES string of the molecule is Cc1ccccc1C(=O)N1CCC(C(=O)O[C@H](C)C(=O)N2CCC(C)CC2)CC1. The van der Waals surface area contributed by atoms with Crippen LogP contribution in [0, 0.1) is 18.8 Å². The molecule has 0 aliphatic carbocycles. The highest BCUT2D eigenvalue weighted by molar-refractivity contribution is 5.95. The van der Waals surface area contributed by atoms with Crippen molar-refractivity contribution in [2.45, 2.75) is 52.6 Å². The Hall–Kier alpha value is -2.37.